The van der Waals surface area contributed by atoms with Crippen molar-refractivity contribution in [2.45, 2.75) is 0 Å². The van der Waals surface area contributed by atoms with Gasteiger partial charge in [-0.2, -0.15) is 0 Å². The number of fused-ring (bicyclic) bond motifs is 9. The summed E-state index contributed by atoms with van der Waals surface area (Å²) >= 11 is 1.77. The highest BCUT2D eigenvalue weighted by molar-refractivity contribution is 7.26. The van der Waals surface area contributed by atoms with Gasteiger partial charge in [-0.25, -0.2) is 9.97 Å². The lowest BCUT2D eigenvalue weighted by Gasteiger charge is -2.25. The molecule has 5 heteroatoms. The fourth-order valence-electron chi connectivity index (χ4n) is 7.94. The third-order valence-electron chi connectivity index (χ3n) is 10.3. The molecule has 11 rings (SSSR count). The van der Waals surface area contributed by atoms with Crippen molar-refractivity contribution in [2.75, 3.05) is 4.90 Å². The Bertz CT molecular complexity index is 3130. The maximum atomic E-state index is 5.52. The van der Waals surface area contributed by atoms with Crippen molar-refractivity contribution in [3.8, 4) is 17.2 Å². The molecular formula is C48H30N4S. The zero-order chi connectivity index (χ0) is 34.9. The number of nitrogens with zero attached hydrogens (tertiary/aromatic N) is 4. The fourth-order valence-corrected chi connectivity index (χ4v) is 9.12. The average molecular weight is 695 g/mol. The van der Waals surface area contributed by atoms with Crippen molar-refractivity contribution in [3.05, 3.63) is 182 Å². The van der Waals surface area contributed by atoms with Gasteiger partial charge in [0, 0.05) is 43.5 Å². The van der Waals surface area contributed by atoms with Crippen LogP contribution < -0.4 is 4.90 Å². The summed E-state index contributed by atoms with van der Waals surface area (Å²) in [5.41, 5.74) is 8.35. The lowest BCUT2D eigenvalue weighted by molar-refractivity contribution is 1.02. The molecule has 0 bridgehead atoms. The van der Waals surface area contributed by atoms with Crippen LogP contribution in [0.2, 0.25) is 0 Å². The Labute approximate surface area is 309 Å². The van der Waals surface area contributed by atoms with Crippen molar-refractivity contribution >= 4 is 92.1 Å². The van der Waals surface area contributed by atoms with Crippen molar-refractivity contribution in [1.29, 1.82) is 0 Å². The van der Waals surface area contributed by atoms with Crippen LogP contribution in [0, 0.1) is 0 Å². The number of hydrogen-bond acceptors (Lipinski definition) is 4. The minimum absolute atomic E-state index is 0.655. The second-order valence-electron chi connectivity index (χ2n) is 13.4. The zero-order valence-corrected chi connectivity index (χ0v) is 29.3. The van der Waals surface area contributed by atoms with Crippen molar-refractivity contribution in [1.82, 2.24) is 14.5 Å². The first-order chi connectivity index (χ1) is 26.3. The summed E-state index contributed by atoms with van der Waals surface area (Å²) in [5.74, 6) is 0.655. The van der Waals surface area contributed by atoms with Gasteiger partial charge < -0.3 is 4.90 Å². The summed E-state index contributed by atoms with van der Waals surface area (Å²) in [5, 5.41) is 8.35. The molecule has 3 aromatic heterocycles. The molecule has 3 heterocycles. The summed E-state index contributed by atoms with van der Waals surface area (Å²) in [4.78, 5) is 13.3. The van der Waals surface area contributed by atoms with E-state index in [9.17, 15) is 0 Å². The molecular weight excluding hydrogens is 665 g/mol. The van der Waals surface area contributed by atoms with E-state index in [2.05, 4.69) is 191 Å². The highest BCUT2D eigenvalue weighted by atomic mass is 32.1. The molecule has 0 radical (unpaired) electrons. The molecule has 0 saturated heterocycles. The van der Waals surface area contributed by atoms with Gasteiger partial charge in [0.05, 0.1) is 26.9 Å². The average Bonchev–Trinajstić information content (AvgIpc) is 3.75. The topological polar surface area (TPSA) is 34.0 Å². The summed E-state index contributed by atoms with van der Waals surface area (Å²) in [7, 11) is 0. The van der Waals surface area contributed by atoms with Gasteiger partial charge >= 0.3 is 0 Å². The van der Waals surface area contributed by atoms with Gasteiger partial charge in [0.2, 0.25) is 5.95 Å². The molecule has 0 aliphatic heterocycles. The van der Waals surface area contributed by atoms with Crippen molar-refractivity contribution in [2.24, 2.45) is 0 Å². The van der Waals surface area contributed by atoms with E-state index in [0.29, 0.717) is 5.95 Å². The molecule has 0 saturated carbocycles. The first kappa shape index (κ1) is 29.9. The molecule has 0 aliphatic rings. The maximum absolute atomic E-state index is 5.52. The summed E-state index contributed by atoms with van der Waals surface area (Å²) in [6.45, 7) is 0. The molecule has 0 spiro atoms. The largest absolute Gasteiger partial charge is 0.310 e. The maximum Gasteiger partial charge on any atom is 0.235 e. The molecule has 53 heavy (non-hydrogen) atoms. The van der Waals surface area contributed by atoms with Crippen molar-refractivity contribution in [3.63, 3.8) is 0 Å². The second kappa shape index (κ2) is 11.9. The van der Waals surface area contributed by atoms with Gasteiger partial charge in [-0.15, -0.1) is 11.3 Å². The summed E-state index contributed by atoms with van der Waals surface area (Å²) < 4.78 is 4.58. The molecule has 0 atom stereocenters. The number of para-hydroxylation sites is 2. The molecule has 0 amide bonds. The Hall–Kier alpha value is -6.82. The van der Waals surface area contributed by atoms with Crippen LogP contribution in [0.5, 0.6) is 0 Å². The Kier molecular flexibility index (Phi) is 6.69. The Morgan fingerprint density at radius 3 is 1.83 bits per heavy atom. The number of aromatic nitrogens is 3. The number of anilines is 3. The van der Waals surface area contributed by atoms with Crippen LogP contribution in [-0.2, 0) is 0 Å². The van der Waals surface area contributed by atoms with Crippen LogP contribution in [0.1, 0.15) is 0 Å². The predicted molar refractivity (Wildman–Crippen MR) is 224 cm³/mol. The summed E-state index contributed by atoms with van der Waals surface area (Å²) in [6, 6.07) is 64.8. The first-order valence-electron chi connectivity index (χ1n) is 17.8. The molecule has 0 aliphatic carbocycles. The van der Waals surface area contributed by atoms with Gasteiger partial charge in [0.1, 0.15) is 0 Å². The van der Waals surface area contributed by atoms with E-state index in [1.807, 2.05) is 0 Å². The molecule has 248 valence electrons. The zero-order valence-electron chi connectivity index (χ0n) is 28.5. The standard InChI is InChI=1S/C48H30N4S/c1-4-15-32(16-5-1)45-47-46(40-28-33-17-10-11-18-34(33)29-43(40)53-47)50-48(49-45)52-41-27-24-31-14-12-13-23-38(31)44(41)39-26-25-37(30-42(39)52)51(35-19-6-2-7-20-35)36-21-8-3-9-22-36/h1-30H. The second-order valence-corrected chi connectivity index (χ2v) is 14.5. The van der Waals surface area contributed by atoms with E-state index in [1.165, 1.54) is 31.6 Å². The lowest BCUT2D eigenvalue weighted by Crippen LogP contribution is -2.10. The number of thiophene rings is 1. The van der Waals surface area contributed by atoms with E-state index in [-0.39, 0.29) is 0 Å². The van der Waals surface area contributed by atoms with E-state index < -0.39 is 0 Å². The summed E-state index contributed by atoms with van der Waals surface area (Å²) in [6.07, 6.45) is 0. The normalized spacial score (nSPS) is 11.8. The smallest absolute Gasteiger partial charge is 0.235 e. The third kappa shape index (κ3) is 4.75. The SMILES string of the molecule is c1ccc(-c2nc(-n3c4cc(N(c5ccccc5)c5ccccc5)ccc4c4c5ccccc5ccc43)nc3c2sc2cc4ccccc4cc23)cc1. The van der Waals surface area contributed by atoms with E-state index >= 15 is 0 Å². The van der Waals surface area contributed by atoms with Crippen LogP contribution in [0.15, 0.2) is 182 Å². The molecule has 0 fully saturated rings. The number of benzene rings is 8. The van der Waals surface area contributed by atoms with Gasteiger partial charge in [0.25, 0.3) is 0 Å². The number of rotatable bonds is 5. The van der Waals surface area contributed by atoms with E-state index in [4.69, 9.17) is 9.97 Å². The van der Waals surface area contributed by atoms with Crippen LogP contribution in [0.25, 0.3) is 80.9 Å². The molecule has 0 unspecified atom stereocenters. The van der Waals surface area contributed by atoms with Gasteiger partial charge in [0.15, 0.2) is 0 Å². The molecule has 4 nitrogen and oxygen atoms in total. The number of hydrogen-bond donors (Lipinski definition) is 0. The molecule has 11 aromatic rings. The highest BCUT2D eigenvalue weighted by Crippen LogP contribution is 2.44. The van der Waals surface area contributed by atoms with Crippen LogP contribution in [0.3, 0.4) is 0 Å². The van der Waals surface area contributed by atoms with Crippen LogP contribution in [0.4, 0.5) is 17.1 Å². The lowest BCUT2D eigenvalue weighted by atomic mass is 10.0. The van der Waals surface area contributed by atoms with E-state index in [0.717, 1.165) is 60.3 Å². The monoisotopic (exact) mass is 694 g/mol. The fraction of sp³-hybridized carbons (Fsp3) is 0. The highest BCUT2D eigenvalue weighted by Gasteiger charge is 2.23. The van der Waals surface area contributed by atoms with Gasteiger partial charge in [-0.1, -0.05) is 127 Å². The Morgan fingerprint density at radius 2 is 1.09 bits per heavy atom. The molecule has 8 aromatic carbocycles. The van der Waals surface area contributed by atoms with Crippen LogP contribution >= 0.6 is 11.3 Å². The van der Waals surface area contributed by atoms with Gasteiger partial charge in [-0.05, 0) is 76.1 Å². The Morgan fingerprint density at radius 1 is 0.453 bits per heavy atom. The minimum atomic E-state index is 0.655. The van der Waals surface area contributed by atoms with Gasteiger partial charge in [-0.3, -0.25) is 4.57 Å². The predicted octanol–water partition coefficient (Wildman–Crippen LogP) is 13.4. The third-order valence-corrected chi connectivity index (χ3v) is 11.5. The molecule has 0 N–H and O–H groups in total. The quantitative estimate of drug-likeness (QED) is 0.180. The minimum Gasteiger partial charge on any atom is -0.310 e. The van der Waals surface area contributed by atoms with Crippen molar-refractivity contribution < 1.29 is 0 Å². The van der Waals surface area contributed by atoms with E-state index in [1.54, 1.807) is 11.3 Å². The van der Waals surface area contributed by atoms with Crippen LogP contribution in [-0.4, -0.2) is 14.5 Å². The Balaban J connectivity index is 1.26. The first-order valence-corrected chi connectivity index (χ1v) is 18.7.